The summed E-state index contributed by atoms with van der Waals surface area (Å²) in [5.74, 6) is 1.36. The van der Waals surface area contributed by atoms with Gasteiger partial charge in [-0.15, -0.1) is 16.4 Å². The molecule has 4 rings (SSSR count). The Kier molecular flexibility index (Phi) is 3.94. The molecule has 0 amide bonds. The standard InChI is InChI=1S/C14H19N5O2S2/c20-23(21)7-5-12(10-23)18(8-13-2-1-6-22-13)9-14-15-16-17-19(14)11-3-4-11/h1-2,6,11-12H,3-5,7-10H2/t12-/m1/s1. The molecule has 9 heteroatoms. The number of thiophene rings is 1. The topological polar surface area (TPSA) is 81.0 Å². The van der Waals surface area contributed by atoms with E-state index in [4.69, 9.17) is 0 Å². The van der Waals surface area contributed by atoms with Crippen LogP contribution >= 0.6 is 11.3 Å². The molecule has 2 aliphatic rings. The second-order valence-corrected chi connectivity index (χ2v) is 9.57. The van der Waals surface area contributed by atoms with Crippen LogP contribution in [-0.4, -0.2) is 51.1 Å². The van der Waals surface area contributed by atoms with Crippen LogP contribution in [0.15, 0.2) is 17.5 Å². The lowest BCUT2D eigenvalue weighted by Crippen LogP contribution is -2.36. The monoisotopic (exact) mass is 353 g/mol. The van der Waals surface area contributed by atoms with Gasteiger partial charge in [0.2, 0.25) is 0 Å². The Hall–Kier alpha value is -1.32. The molecule has 0 bridgehead atoms. The largest absolute Gasteiger partial charge is 0.287 e. The number of rotatable bonds is 6. The number of aromatic nitrogens is 4. The molecule has 1 aliphatic carbocycles. The quantitative estimate of drug-likeness (QED) is 0.778. The van der Waals surface area contributed by atoms with Crippen LogP contribution in [0.1, 0.15) is 36.0 Å². The molecule has 124 valence electrons. The van der Waals surface area contributed by atoms with Crippen molar-refractivity contribution in [3.8, 4) is 0 Å². The molecule has 1 atom stereocenters. The highest BCUT2D eigenvalue weighted by molar-refractivity contribution is 7.91. The third-order valence-electron chi connectivity index (χ3n) is 4.46. The van der Waals surface area contributed by atoms with Gasteiger partial charge in [-0.3, -0.25) is 4.90 Å². The van der Waals surface area contributed by atoms with Gasteiger partial charge in [0, 0.05) is 17.5 Å². The molecule has 2 fully saturated rings. The third-order valence-corrected chi connectivity index (χ3v) is 7.07. The van der Waals surface area contributed by atoms with Crippen LogP contribution in [0.4, 0.5) is 0 Å². The molecule has 23 heavy (non-hydrogen) atoms. The van der Waals surface area contributed by atoms with Crippen molar-refractivity contribution in [3.05, 3.63) is 28.2 Å². The lowest BCUT2D eigenvalue weighted by Gasteiger charge is -2.26. The van der Waals surface area contributed by atoms with Crippen molar-refractivity contribution in [2.45, 2.75) is 44.4 Å². The van der Waals surface area contributed by atoms with Gasteiger partial charge in [0.15, 0.2) is 15.7 Å². The van der Waals surface area contributed by atoms with Crippen LogP contribution in [0.2, 0.25) is 0 Å². The minimum atomic E-state index is -2.91. The summed E-state index contributed by atoms with van der Waals surface area (Å²) in [5.41, 5.74) is 0. The third kappa shape index (κ3) is 3.46. The Morgan fingerprint density at radius 3 is 2.83 bits per heavy atom. The van der Waals surface area contributed by atoms with E-state index in [1.807, 2.05) is 16.1 Å². The van der Waals surface area contributed by atoms with E-state index in [1.165, 1.54) is 4.88 Å². The Morgan fingerprint density at radius 2 is 2.17 bits per heavy atom. The van der Waals surface area contributed by atoms with Gasteiger partial charge in [0.05, 0.1) is 24.1 Å². The maximum Gasteiger partial charge on any atom is 0.165 e. The number of hydrogen-bond acceptors (Lipinski definition) is 7. The van der Waals surface area contributed by atoms with E-state index in [2.05, 4.69) is 26.5 Å². The number of hydrogen-bond donors (Lipinski definition) is 0. The molecule has 1 saturated carbocycles. The van der Waals surface area contributed by atoms with Crippen molar-refractivity contribution < 1.29 is 8.42 Å². The van der Waals surface area contributed by atoms with Crippen molar-refractivity contribution in [2.24, 2.45) is 0 Å². The second-order valence-electron chi connectivity index (χ2n) is 6.31. The van der Waals surface area contributed by atoms with E-state index in [0.29, 0.717) is 19.0 Å². The molecule has 0 spiro atoms. The molecule has 3 heterocycles. The van der Waals surface area contributed by atoms with Gasteiger partial charge in [0.25, 0.3) is 0 Å². The van der Waals surface area contributed by atoms with Crippen LogP contribution in [0.25, 0.3) is 0 Å². The highest BCUT2D eigenvalue weighted by atomic mass is 32.2. The smallest absolute Gasteiger partial charge is 0.165 e. The van der Waals surface area contributed by atoms with Crippen LogP contribution in [-0.2, 0) is 22.9 Å². The van der Waals surface area contributed by atoms with Crippen molar-refractivity contribution in [2.75, 3.05) is 11.5 Å². The fourth-order valence-corrected chi connectivity index (χ4v) is 5.57. The first-order valence-electron chi connectivity index (χ1n) is 7.84. The van der Waals surface area contributed by atoms with Gasteiger partial charge < -0.3 is 0 Å². The zero-order valence-electron chi connectivity index (χ0n) is 12.7. The van der Waals surface area contributed by atoms with E-state index in [1.54, 1.807) is 11.3 Å². The van der Waals surface area contributed by atoms with Crippen molar-refractivity contribution in [3.63, 3.8) is 0 Å². The van der Waals surface area contributed by atoms with Gasteiger partial charge in [-0.1, -0.05) is 6.07 Å². The lowest BCUT2D eigenvalue weighted by molar-refractivity contribution is 0.187. The molecule has 7 nitrogen and oxygen atoms in total. The first kappa shape index (κ1) is 15.2. The van der Waals surface area contributed by atoms with E-state index < -0.39 is 9.84 Å². The van der Waals surface area contributed by atoms with Crippen molar-refractivity contribution in [1.82, 2.24) is 25.1 Å². The minimum absolute atomic E-state index is 0.0476. The zero-order valence-corrected chi connectivity index (χ0v) is 14.3. The van der Waals surface area contributed by atoms with Gasteiger partial charge in [-0.2, -0.15) is 0 Å². The summed E-state index contributed by atoms with van der Waals surface area (Å²) in [4.78, 5) is 3.46. The predicted octanol–water partition coefficient (Wildman–Crippen LogP) is 1.26. The molecule has 1 saturated heterocycles. The maximum atomic E-state index is 11.9. The Balaban J connectivity index is 1.55. The minimum Gasteiger partial charge on any atom is -0.287 e. The first-order valence-corrected chi connectivity index (χ1v) is 10.5. The Bertz CT molecular complexity index is 767. The SMILES string of the molecule is O=S1(=O)CC[C@@H](N(Cc2cccs2)Cc2nnnn2C2CC2)C1. The second kappa shape index (κ2) is 5.95. The Morgan fingerprint density at radius 1 is 1.30 bits per heavy atom. The molecular weight excluding hydrogens is 334 g/mol. The molecule has 2 aromatic heterocycles. The molecule has 0 unspecified atom stereocenters. The van der Waals surface area contributed by atoms with E-state index >= 15 is 0 Å². The van der Waals surface area contributed by atoms with Crippen molar-refractivity contribution >= 4 is 21.2 Å². The molecule has 2 aromatic rings. The summed E-state index contributed by atoms with van der Waals surface area (Å²) >= 11 is 1.70. The average Bonchev–Trinajstić information content (AvgIpc) is 2.90. The van der Waals surface area contributed by atoms with Crippen LogP contribution in [0.3, 0.4) is 0 Å². The molecular formula is C14H19N5O2S2. The van der Waals surface area contributed by atoms with Crippen LogP contribution in [0, 0.1) is 0 Å². The summed E-state index contributed by atoms with van der Waals surface area (Å²) in [6.07, 6.45) is 2.94. The summed E-state index contributed by atoms with van der Waals surface area (Å²) in [5, 5.41) is 14.1. The number of tetrazole rings is 1. The van der Waals surface area contributed by atoms with Gasteiger partial charge >= 0.3 is 0 Å². The predicted molar refractivity (Wildman–Crippen MR) is 86.7 cm³/mol. The molecule has 0 N–H and O–H groups in total. The number of nitrogens with zero attached hydrogens (tertiary/aromatic N) is 5. The molecule has 1 aliphatic heterocycles. The van der Waals surface area contributed by atoms with Gasteiger partial charge in [0.1, 0.15) is 0 Å². The zero-order chi connectivity index (χ0) is 15.9. The van der Waals surface area contributed by atoms with Crippen LogP contribution in [0.5, 0.6) is 0 Å². The first-order chi connectivity index (χ1) is 11.1. The fourth-order valence-electron chi connectivity index (χ4n) is 3.08. The van der Waals surface area contributed by atoms with Gasteiger partial charge in [-0.05, 0) is 41.1 Å². The normalized spacial score (nSPS) is 23.6. The average molecular weight is 353 g/mol. The van der Waals surface area contributed by atoms with E-state index in [0.717, 1.165) is 25.2 Å². The van der Waals surface area contributed by atoms with Crippen LogP contribution < -0.4 is 0 Å². The van der Waals surface area contributed by atoms with E-state index in [-0.39, 0.29) is 17.5 Å². The van der Waals surface area contributed by atoms with E-state index in [9.17, 15) is 8.42 Å². The summed E-state index contributed by atoms with van der Waals surface area (Å²) < 4.78 is 25.6. The summed E-state index contributed by atoms with van der Waals surface area (Å²) in [6, 6.07) is 4.59. The Labute approximate surface area is 139 Å². The summed E-state index contributed by atoms with van der Waals surface area (Å²) in [7, 11) is -2.91. The highest BCUT2D eigenvalue weighted by Crippen LogP contribution is 2.35. The molecule has 0 radical (unpaired) electrons. The van der Waals surface area contributed by atoms with Gasteiger partial charge in [-0.25, -0.2) is 13.1 Å². The fraction of sp³-hybridized carbons (Fsp3) is 0.643. The highest BCUT2D eigenvalue weighted by Gasteiger charge is 2.34. The maximum absolute atomic E-state index is 11.9. The summed E-state index contributed by atoms with van der Waals surface area (Å²) in [6.45, 7) is 1.34. The lowest BCUT2D eigenvalue weighted by atomic mass is 10.2. The molecule has 0 aromatic carbocycles. The van der Waals surface area contributed by atoms with Crippen molar-refractivity contribution in [1.29, 1.82) is 0 Å². The number of sulfone groups is 1.